The van der Waals surface area contributed by atoms with Gasteiger partial charge in [0.25, 0.3) is 0 Å². The summed E-state index contributed by atoms with van der Waals surface area (Å²) >= 11 is 0. The van der Waals surface area contributed by atoms with Gasteiger partial charge in [0.1, 0.15) is 11.8 Å². The average molecular weight is 417 g/mol. The van der Waals surface area contributed by atoms with Crippen LogP contribution in [0.5, 0.6) is 5.75 Å². The number of aryl methyl sites for hydroxylation is 1. The highest BCUT2D eigenvalue weighted by molar-refractivity contribution is 5.75. The first-order chi connectivity index (χ1) is 14.8. The Morgan fingerprint density at radius 1 is 1.19 bits per heavy atom. The molecule has 1 aromatic heterocycles. The van der Waals surface area contributed by atoms with E-state index in [2.05, 4.69) is 5.10 Å². The van der Waals surface area contributed by atoms with Crippen molar-refractivity contribution >= 4 is 5.97 Å². The lowest BCUT2D eigenvalue weighted by atomic mass is 9.71. The number of aliphatic hydroxyl groups excluding tert-OH is 1. The molecule has 2 aromatic carbocycles. The Bertz CT molecular complexity index is 1220. The molecule has 2 heterocycles. The summed E-state index contributed by atoms with van der Waals surface area (Å²) < 4.78 is 7.83. The Hall–Kier alpha value is -3.67. The van der Waals surface area contributed by atoms with Crippen molar-refractivity contribution in [1.82, 2.24) is 9.78 Å². The average Bonchev–Trinajstić information content (AvgIpc) is 3.32. The number of nitriles is 1. The first kappa shape index (κ1) is 19.3. The molecular formula is C23H19N3O5. The SMILES string of the molecule is Cn1cc2c(n1)C1(O)C(O)C(C(=O)O)C(c3ccccc3)C1(c1ccc(C#N)cc1)O2. The van der Waals surface area contributed by atoms with E-state index >= 15 is 0 Å². The van der Waals surface area contributed by atoms with E-state index in [9.17, 15) is 25.4 Å². The number of carboxylic acid groups (broad SMARTS) is 1. The van der Waals surface area contributed by atoms with Crippen molar-refractivity contribution in [2.24, 2.45) is 13.0 Å². The molecule has 5 rings (SSSR count). The van der Waals surface area contributed by atoms with Crippen LogP contribution in [0, 0.1) is 17.2 Å². The molecule has 0 saturated heterocycles. The number of carbonyl (C=O) groups is 1. The van der Waals surface area contributed by atoms with Crippen LogP contribution in [0.4, 0.5) is 0 Å². The fourth-order valence-electron chi connectivity index (χ4n) is 5.22. The van der Waals surface area contributed by atoms with Gasteiger partial charge < -0.3 is 20.1 Å². The molecule has 0 radical (unpaired) electrons. The van der Waals surface area contributed by atoms with Crippen LogP contribution in [-0.4, -0.2) is 37.2 Å². The summed E-state index contributed by atoms with van der Waals surface area (Å²) in [6.45, 7) is 0. The third-order valence-corrected chi connectivity index (χ3v) is 6.45. The summed E-state index contributed by atoms with van der Waals surface area (Å²) in [5.74, 6) is -3.27. The van der Waals surface area contributed by atoms with Crippen molar-refractivity contribution in [2.45, 2.75) is 23.2 Å². The molecule has 31 heavy (non-hydrogen) atoms. The summed E-state index contributed by atoms with van der Waals surface area (Å²) in [7, 11) is 1.65. The maximum absolute atomic E-state index is 12.4. The number of ether oxygens (including phenoxy) is 1. The van der Waals surface area contributed by atoms with Crippen LogP contribution in [0.25, 0.3) is 0 Å². The van der Waals surface area contributed by atoms with E-state index in [-0.39, 0.29) is 11.4 Å². The number of carboxylic acids is 1. The molecular weight excluding hydrogens is 398 g/mol. The number of aliphatic hydroxyl groups is 2. The predicted molar refractivity (Wildman–Crippen MR) is 107 cm³/mol. The predicted octanol–water partition coefficient (Wildman–Crippen LogP) is 1.63. The molecule has 5 unspecified atom stereocenters. The molecule has 0 bridgehead atoms. The number of hydrogen-bond acceptors (Lipinski definition) is 6. The minimum atomic E-state index is -2.12. The third-order valence-electron chi connectivity index (χ3n) is 6.45. The number of aliphatic carboxylic acids is 1. The van der Waals surface area contributed by atoms with Crippen molar-refractivity contribution in [2.75, 3.05) is 0 Å². The zero-order chi connectivity index (χ0) is 22.0. The van der Waals surface area contributed by atoms with E-state index in [0.717, 1.165) is 0 Å². The molecule has 1 aliphatic carbocycles. The Labute approximate surface area is 177 Å². The lowest BCUT2D eigenvalue weighted by Crippen LogP contribution is -2.52. The smallest absolute Gasteiger partial charge is 0.310 e. The van der Waals surface area contributed by atoms with Gasteiger partial charge in [0, 0.05) is 13.0 Å². The summed E-state index contributed by atoms with van der Waals surface area (Å²) in [5.41, 5.74) is -2.23. The number of fused-ring (bicyclic) bond motifs is 3. The Morgan fingerprint density at radius 3 is 2.48 bits per heavy atom. The van der Waals surface area contributed by atoms with Crippen molar-refractivity contribution in [3.8, 4) is 11.8 Å². The summed E-state index contributed by atoms with van der Waals surface area (Å²) in [4.78, 5) is 12.4. The minimum absolute atomic E-state index is 0.0940. The van der Waals surface area contributed by atoms with Crippen molar-refractivity contribution in [1.29, 1.82) is 5.26 Å². The fourth-order valence-corrected chi connectivity index (χ4v) is 5.22. The minimum Gasteiger partial charge on any atom is -0.481 e. The molecule has 3 N–H and O–H groups in total. The topological polar surface area (TPSA) is 129 Å². The van der Waals surface area contributed by atoms with Crippen molar-refractivity contribution in [3.63, 3.8) is 0 Å². The van der Waals surface area contributed by atoms with Crippen LogP contribution in [0.3, 0.4) is 0 Å². The van der Waals surface area contributed by atoms with Gasteiger partial charge in [-0.05, 0) is 23.3 Å². The first-order valence-corrected chi connectivity index (χ1v) is 9.76. The quantitative estimate of drug-likeness (QED) is 0.591. The maximum Gasteiger partial charge on any atom is 0.310 e. The van der Waals surface area contributed by atoms with Crippen LogP contribution < -0.4 is 4.74 Å². The second kappa shape index (κ2) is 6.41. The van der Waals surface area contributed by atoms with Gasteiger partial charge in [-0.15, -0.1) is 0 Å². The molecule has 8 nitrogen and oxygen atoms in total. The lowest BCUT2D eigenvalue weighted by molar-refractivity contribution is -0.161. The maximum atomic E-state index is 12.4. The number of aromatic nitrogens is 2. The molecule has 2 aliphatic rings. The summed E-state index contributed by atoms with van der Waals surface area (Å²) in [5, 5.41) is 47.0. The Morgan fingerprint density at radius 2 is 1.87 bits per heavy atom. The molecule has 0 amide bonds. The third kappa shape index (κ3) is 2.30. The molecule has 0 spiro atoms. The van der Waals surface area contributed by atoms with Crippen LogP contribution in [-0.2, 0) is 23.0 Å². The second-order valence-corrected chi connectivity index (χ2v) is 8.01. The Balaban J connectivity index is 1.85. The highest BCUT2D eigenvalue weighted by Gasteiger charge is 2.78. The van der Waals surface area contributed by atoms with Crippen LogP contribution in [0.15, 0.2) is 60.8 Å². The molecule has 3 aromatic rings. The van der Waals surface area contributed by atoms with E-state index in [1.165, 1.54) is 4.68 Å². The molecule has 1 saturated carbocycles. The molecule has 5 atom stereocenters. The molecule has 8 heteroatoms. The lowest BCUT2D eigenvalue weighted by Gasteiger charge is -2.40. The van der Waals surface area contributed by atoms with E-state index in [1.54, 1.807) is 67.8 Å². The zero-order valence-corrected chi connectivity index (χ0v) is 16.5. The fraction of sp³-hybridized carbons (Fsp3) is 0.261. The van der Waals surface area contributed by atoms with Gasteiger partial charge in [0.05, 0.1) is 23.7 Å². The number of rotatable bonds is 3. The largest absolute Gasteiger partial charge is 0.481 e. The van der Waals surface area contributed by atoms with Crippen LogP contribution >= 0.6 is 0 Å². The van der Waals surface area contributed by atoms with Crippen molar-refractivity contribution < 1.29 is 24.9 Å². The van der Waals surface area contributed by atoms with Gasteiger partial charge in [-0.2, -0.15) is 10.4 Å². The Kier molecular flexibility index (Phi) is 3.99. The van der Waals surface area contributed by atoms with Gasteiger partial charge in [-0.1, -0.05) is 42.5 Å². The van der Waals surface area contributed by atoms with Gasteiger partial charge in [-0.3, -0.25) is 9.48 Å². The van der Waals surface area contributed by atoms with Crippen LogP contribution in [0.1, 0.15) is 28.3 Å². The number of benzene rings is 2. The summed E-state index contributed by atoms with van der Waals surface area (Å²) in [6.07, 6.45) is -0.108. The highest BCUT2D eigenvalue weighted by atomic mass is 16.5. The molecule has 1 fully saturated rings. The second-order valence-electron chi connectivity index (χ2n) is 8.01. The zero-order valence-electron chi connectivity index (χ0n) is 16.5. The molecule has 1 aliphatic heterocycles. The van der Waals surface area contributed by atoms with Gasteiger partial charge in [-0.25, -0.2) is 0 Å². The number of nitrogens with zero attached hydrogens (tertiary/aromatic N) is 3. The standard InChI is InChI=1S/C23H19N3O5/c1-26-12-16-19(25-26)22(30)20(27)17(21(28)29)18(14-5-3-2-4-6-14)23(22,31-16)15-9-7-13(11-24)8-10-15/h2-10,12,17-18,20,27,30H,1H3,(H,28,29). The van der Waals surface area contributed by atoms with Crippen LogP contribution in [0.2, 0.25) is 0 Å². The van der Waals surface area contributed by atoms with Crippen molar-refractivity contribution in [3.05, 3.63) is 83.2 Å². The van der Waals surface area contributed by atoms with Gasteiger partial charge in [0.15, 0.2) is 17.0 Å². The highest BCUT2D eigenvalue weighted by Crippen LogP contribution is 2.68. The molecule has 156 valence electrons. The monoisotopic (exact) mass is 417 g/mol. The van der Waals surface area contributed by atoms with E-state index < -0.39 is 35.1 Å². The van der Waals surface area contributed by atoms with E-state index in [0.29, 0.717) is 16.7 Å². The normalized spacial score (nSPS) is 30.8. The van der Waals surface area contributed by atoms with E-state index in [4.69, 9.17) is 4.74 Å². The summed E-state index contributed by atoms with van der Waals surface area (Å²) in [6, 6.07) is 17.3. The van der Waals surface area contributed by atoms with Gasteiger partial charge in [0.2, 0.25) is 0 Å². The first-order valence-electron chi connectivity index (χ1n) is 9.76. The van der Waals surface area contributed by atoms with Gasteiger partial charge >= 0.3 is 5.97 Å². The van der Waals surface area contributed by atoms with E-state index in [1.807, 2.05) is 6.07 Å². The number of hydrogen-bond donors (Lipinski definition) is 3.